The maximum Gasteiger partial charge on any atom is 0.407 e. The van der Waals surface area contributed by atoms with Gasteiger partial charge >= 0.3 is 36.7 Å². The van der Waals surface area contributed by atoms with Crippen LogP contribution in [0.15, 0.2) is 120 Å². The molecule has 0 aliphatic carbocycles. The van der Waals surface area contributed by atoms with Crippen LogP contribution in [0.3, 0.4) is 0 Å². The van der Waals surface area contributed by atoms with Crippen molar-refractivity contribution in [2.75, 3.05) is 125 Å². The van der Waals surface area contributed by atoms with Gasteiger partial charge in [0.15, 0.2) is 0 Å². The summed E-state index contributed by atoms with van der Waals surface area (Å²) >= 11 is 0. The van der Waals surface area contributed by atoms with Crippen LogP contribution in [0.5, 0.6) is 23.0 Å². The molecule has 119 heavy (non-hydrogen) atoms. The van der Waals surface area contributed by atoms with E-state index in [1.54, 1.807) is 93.9 Å². The Balaban J connectivity index is 0.000000410. The zero-order valence-corrected chi connectivity index (χ0v) is 66.8. The maximum atomic E-state index is 13.2. The molecule has 8 rings (SSSR count). The summed E-state index contributed by atoms with van der Waals surface area (Å²) in [6.45, 7) is 4.56. The Morgan fingerprint density at radius 2 is 0.630 bits per heavy atom. The Hall–Kier alpha value is -11.1. The number of benzene rings is 4. The fraction of sp³-hybridized carbons (Fsp3) is 0.447. The van der Waals surface area contributed by atoms with Gasteiger partial charge in [0.2, 0.25) is 17.7 Å². The SMILES string of the molecule is CC(C)(C)OC(=O)NC/C(=C\F)COc1ccc2c(c1)CCN(CC(=O)NCC(F)(F)F)C2=O.CC(C)(C)OC(=O)NC/C(=C\F)COc1ccc2c(c1)CCN(CC(=O)O)C2=O.Cl.Cl.NC/C(=C\F)COc1ccc2c(c1)CCN(CC(=O)NCC(F)(F)F)C2=O.NC/C(=C\F)COc1ccc2c(c1)CCN(CC(=O)NCC(F)(F)F)C2=O. The molecule has 0 spiro atoms. The van der Waals surface area contributed by atoms with Gasteiger partial charge in [0.05, 0.1) is 45.0 Å². The van der Waals surface area contributed by atoms with Crippen LogP contribution in [0, 0.1) is 0 Å². The Labute approximate surface area is 687 Å². The lowest BCUT2D eigenvalue weighted by Gasteiger charge is -2.28. The van der Waals surface area contributed by atoms with E-state index in [0.29, 0.717) is 119 Å². The molecule has 0 radical (unpaired) electrons. The molecule has 43 heteroatoms. The van der Waals surface area contributed by atoms with Gasteiger partial charge in [-0.1, -0.05) is 0 Å². The second-order valence-electron chi connectivity index (χ2n) is 28.1. The fourth-order valence-electron chi connectivity index (χ4n) is 10.7. The van der Waals surface area contributed by atoms with E-state index in [1.165, 1.54) is 56.0 Å². The third-order valence-electron chi connectivity index (χ3n) is 16.3. The fourth-order valence-corrected chi connectivity index (χ4v) is 10.7. The molecule has 658 valence electrons. The minimum absolute atomic E-state index is 0. The quantitative estimate of drug-likeness (QED) is 0.0234. The molecular weight excluding hydrogens is 1660 g/mol. The number of rotatable bonds is 29. The number of carboxylic acids is 1. The van der Waals surface area contributed by atoms with E-state index in [1.807, 2.05) is 0 Å². The van der Waals surface area contributed by atoms with E-state index < -0.39 is 123 Å². The highest BCUT2D eigenvalue weighted by Gasteiger charge is 2.35. The average molecular weight is 1750 g/mol. The normalized spacial score (nSPS) is 14.3. The van der Waals surface area contributed by atoms with Gasteiger partial charge in [-0.3, -0.25) is 38.4 Å². The second kappa shape index (κ2) is 47.5. The predicted molar refractivity (Wildman–Crippen MR) is 409 cm³/mol. The molecular formula is C76H92Cl2F13N11O17. The molecule has 4 aliphatic heterocycles. The van der Waals surface area contributed by atoms with Crippen LogP contribution in [0.1, 0.15) is 105 Å². The zero-order chi connectivity index (χ0) is 87.2. The molecule has 4 aliphatic rings. The zero-order valence-electron chi connectivity index (χ0n) is 65.2. The van der Waals surface area contributed by atoms with Crippen LogP contribution in [0.25, 0.3) is 0 Å². The number of hydrogen-bond acceptors (Lipinski definition) is 18. The number of nitrogens with two attached hydrogens (primary N) is 2. The first kappa shape index (κ1) is 102. The van der Waals surface area contributed by atoms with Crippen molar-refractivity contribution in [3.63, 3.8) is 0 Å². The summed E-state index contributed by atoms with van der Waals surface area (Å²) in [4.78, 5) is 124. The lowest BCUT2D eigenvalue weighted by molar-refractivity contribution is -0.138. The number of carboxylic acid groups (broad SMARTS) is 1. The van der Waals surface area contributed by atoms with E-state index >= 15 is 0 Å². The van der Waals surface area contributed by atoms with Crippen molar-refractivity contribution in [1.29, 1.82) is 0 Å². The van der Waals surface area contributed by atoms with Crippen molar-refractivity contribution in [2.24, 2.45) is 11.5 Å². The number of amides is 9. The molecule has 0 saturated carbocycles. The van der Waals surface area contributed by atoms with Gasteiger partial charge in [-0.05, 0) is 162 Å². The molecule has 0 atom stereocenters. The predicted octanol–water partition coefficient (Wildman–Crippen LogP) is 9.60. The Morgan fingerprint density at radius 3 is 0.840 bits per heavy atom. The smallest absolute Gasteiger partial charge is 0.407 e. The number of alkyl carbamates (subject to hydrolysis) is 2. The monoisotopic (exact) mass is 1750 g/mol. The highest BCUT2D eigenvalue weighted by molar-refractivity contribution is 6.01. The van der Waals surface area contributed by atoms with Crippen molar-refractivity contribution in [3.05, 3.63) is 165 Å². The molecule has 10 N–H and O–H groups in total. The number of hydrogen-bond donors (Lipinski definition) is 8. The first-order chi connectivity index (χ1) is 54.8. The number of aliphatic carboxylic acids is 1. The molecule has 9 amide bonds. The van der Waals surface area contributed by atoms with Crippen LogP contribution < -0.4 is 57.0 Å². The summed E-state index contributed by atoms with van der Waals surface area (Å²) in [5.74, 6) is -3.77. The number of fused-ring (bicyclic) bond motifs is 4. The second-order valence-corrected chi connectivity index (χ2v) is 28.1. The number of carbonyl (C=O) groups excluding carboxylic acids is 9. The highest BCUT2D eigenvalue weighted by Crippen LogP contribution is 2.30. The van der Waals surface area contributed by atoms with Gasteiger partial charge in [-0.2, -0.15) is 39.5 Å². The summed E-state index contributed by atoms with van der Waals surface area (Å²) < 4.78 is 193. The molecule has 4 aromatic carbocycles. The molecule has 0 unspecified atom stereocenters. The van der Waals surface area contributed by atoms with Gasteiger partial charge in [-0.15, -0.1) is 24.8 Å². The molecule has 28 nitrogen and oxygen atoms in total. The average Bonchev–Trinajstić information content (AvgIpc) is 0.818. The van der Waals surface area contributed by atoms with Gasteiger partial charge in [0, 0.05) is 96.9 Å². The van der Waals surface area contributed by atoms with E-state index in [0.717, 1.165) is 5.56 Å². The van der Waals surface area contributed by atoms with Gasteiger partial charge < -0.3 is 91.2 Å². The molecule has 0 fully saturated rings. The summed E-state index contributed by atoms with van der Waals surface area (Å²) in [5, 5.41) is 19.0. The number of carbonyl (C=O) groups is 10. The van der Waals surface area contributed by atoms with Crippen LogP contribution in [-0.2, 0) is 54.3 Å². The van der Waals surface area contributed by atoms with E-state index in [4.69, 9.17) is 45.0 Å². The molecule has 4 aromatic rings. The first-order valence-electron chi connectivity index (χ1n) is 35.7. The molecule has 0 aromatic heterocycles. The Kier molecular flexibility index (Phi) is 40.8. The lowest BCUT2D eigenvalue weighted by atomic mass is 9.98. The van der Waals surface area contributed by atoms with Crippen molar-refractivity contribution in [3.8, 4) is 23.0 Å². The Bertz CT molecular complexity index is 4190. The van der Waals surface area contributed by atoms with Crippen LogP contribution in [0.2, 0.25) is 0 Å². The number of nitrogens with one attached hydrogen (secondary N) is 5. The number of halogens is 15. The number of nitrogens with zero attached hydrogens (tertiary/aromatic N) is 4. The largest absolute Gasteiger partial charge is 0.489 e. The lowest BCUT2D eigenvalue weighted by Crippen LogP contribution is -2.45. The van der Waals surface area contributed by atoms with E-state index in [2.05, 4.69) is 10.6 Å². The number of alkyl halides is 9. The standard InChI is InChI=1S/C22H27F4N3O5.C20H25FN2O6.2C17H19F4N3O3.2ClH/c1-21(2,3)34-20(32)27-10-14(9-23)12-33-16-4-5-17-15(8-16)6-7-29(19(17)31)11-18(30)28-13-22(24,25)26;1-20(2,3)29-19(27)22-10-13(9-21)12-28-15-4-5-16-14(8-15)6-7-23(18(16)26)11-17(24)25;2*18-6-11(7-22)9-27-13-1-2-14-12(5-13)3-4-24(16(14)26)8-15(25)23-10-17(19,20)21;;/h4-5,8-9H,6-7,10-13H2,1-3H3,(H,27,32)(H,28,30);4-5,8-9H,6-7,10-12H2,1-3H3,(H,22,27)(H,24,25);2*1-2,5-6H,3-4,7-10,22H2,(H,23,25);2*1H/b14-9+;13-9+;2*11-6+;;. The van der Waals surface area contributed by atoms with Gasteiger partial charge in [0.25, 0.3) is 23.6 Å². The first-order valence-corrected chi connectivity index (χ1v) is 35.7. The van der Waals surface area contributed by atoms with Crippen molar-refractivity contribution in [2.45, 2.75) is 97.0 Å². The highest BCUT2D eigenvalue weighted by atomic mass is 35.5. The van der Waals surface area contributed by atoms with E-state index in [-0.39, 0.29) is 132 Å². The number of ether oxygens (including phenoxy) is 6. The van der Waals surface area contributed by atoms with Crippen molar-refractivity contribution >= 4 is 84.3 Å². The summed E-state index contributed by atoms with van der Waals surface area (Å²) in [6.07, 6.45) is -11.8. The minimum atomic E-state index is -4.53. The van der Waals surface area contributed by atoms with Gasteiger partial charge in [0.1, 0.15) is 86.8 Å². The van der Waals surface area contributed by atoms with Crippen LogP contribution >= 0.6 is 24.8 Å². The van der Waals surface area contributed by atoms with Crippen LogP contribution in [0.4, 0.5) is 66.7 Å². The van der Waals surface area contributed by atoms with E-state index in [9.17, 15) is 105 Å². The molecule has 4 heterocycles. The summed E-state index contributed by atoms with van der Waals surface area (Å²) in [5.41, 5.74) is 14.4. The third kappa shape index (κ3) is 36.8. The maximum absolute atomic E-state index is 13.2. The topological polar surface area (TPSA) is 371 Å². The Morgan fingerprint density at radius 1 is 0.395 bits per heavy atom. The van der Waals surface area contributed by atoms with Crippen molar-refractivity contribution in [1.82, 2.24) is 46.2 Å². The summed E-state index contributed by atoms with van der Waals surface area (Å²) in [6, 6.07) is 18.7. The van der Waals surface area contributed by atoms with Crippen LogP contribution in [-0.4, -0.2) is 239 Å². The molecule has 0 bridgehead atoms. The molecule has 0 saturated heterocycles. The summed E-state index contributed by atoms with van der Waals surface area (Å²) in [7, 11) is 0. The van der Waals surface area contributed by atoms with Crippen molar-refractivity contribution < 1.29 is 139 Å². The minimum Gasteiger partial charge on any atom is -0.489 e. The third-order valence-corrected chi connectivity index (χ3v) is 16.3. The van der Waals surface area contributed by atoms with Gasteiger partial charge in [-0.25, -0.2) is 27.2 Å².